The van der Waals surface area contributed by atoms with Gasteiger partial charge in [-0.15, -0.1) is 0 Å². The highest BCUT2D eigenvalue weighted by molar-refractivity contribution is 5.92. The lowest BCUT2D eigenvalue weighted by molar-refractivity contribution is 0.0946. The molecule has 0 unspecified atom stereocenters. The Kier molecular flexibility index (Phi) is 3.60. The minimum atomic E-state index is -0.0869. The maximum atomic E-state index is 11.9. The molecule has 0 spiro atoms. The molecular formula is C17H19N3O. The molecule has 0 saturated heterocycles. The van der Waals surface area contributed by atoms with Crippen molar-refractivity contribution in [1.29, 1.82) is 0 Å². The highest BCUT2D eigenvalue weighted by Crippen LogP contribution is 2.24. The molecular weight excluding hydrogens is 262 g/mol. The Morgan fingerprint density at radius 3 is 2.43 bits per heavy atom. The van der Waals surface area contributed by atoms with Crippen molar-refractivity contribution in [3.8, 4) is 0 Å². The summed E-state index contributed by atoms with van der Waals surface area (Å²) in [6, 6.07) is 10.2. The van der Waals surface area contributed by atoms with Crippen LogP contribution in [-0.2, 0) is 0 Å². The standard InChI is InChI=1S/C17H19N3O/c1-11-4-3-5-12(2)16(11)19-14-8-9-15(18-10-14)17(21)20-13-6-7-13/h3-5,8-10,13,19H,6-7H2,1-2H3,(H,20,21). The van der Waals surface area contributed by atoms with Crippen LogP contribution in [0.4, 0.5) is 11.4 Å². The van der Waals surface area contributed by atoms with Gasteiger partial charge in [0.15, 0.2) is 0 Å². The molecule has 1 heterocycles. The molecule has 0 aliphatic heterocycles. The van der Waals surface area contributed by atoms with E-state index in [0.717, 1.165) is 24.2 Å². The van der Waals surface area contributed by atoms with Gasteiger partial charge in [-0.05, 0) is 49.9 Å². The van der Waals surface area contributed by atoms with Crippen LogP contribution in [0.25, 0.3) is 0 Å². The second-order valence-electron chi connectivity index (χ2n) is 5.57. The van der Waals surface area contributed by atoms with Crippen molar-refractivity contribution < 1.29 is 4.79 Å². The zero-order chi connectivity index (χ0) is 14.8. The molecule has 1 aromatic heterocycles. The lowest BCUT2D eigenvalue weighted by Gasteiger charge is -2.12. The Hall–Kier alpha value is -2.36. The molecule has 3 rings (SSSR count). The van der Waals surface area contributed by atoms with Crippen molar-refractivity contribution >= 4 is 17.3 Å². The van der Waals surface area contributed by atoms with Gasteiger partial charge in [0.25, 0.3) is 5.91 Å². The normalized spacial score (nSPS) is 13.8. The third-order valence-electron chi connectivity index (χ3n) is 3.66. The first kappa shape index (κ1) is 13.6. The fourth-order valence-electron chi connectivity index (χ4n) is 2.25. The zero-order valence-electron chi connectivity index (χ0n) is 12.3. The number of benzene rings is 1. The summed E-state index contributed by atoms with van der Waals surface area (Å²) < 4.78 is 0. The number of rotatable bonds is 4. The van der Waals surface area contributed by atoms with E-state index in [2.05, 4.69) is 41.6 Å². The van der Waals surface area contributed by atoms with Gasteiger partial charge in [-0.1, -0.05) is 18.2 Å². The average Bonchev–Trinajstić information content (AvgIpc) is 3.28. The largest absolute Gasteiger partial charge is 0.354 e. The van der Waals surface area contributed by atoms with Gasteiger partial charge in [-0.25, -0.2) is 4.98 Å². The molecule has 2 aromatic rings. The fraction of sp³-hybridized carbons (Fsp3) is 0.294. The maximum Gasteiger partial charge on any atom is 0.270 e. The molecule has 4 nitrogen and oxygen atoms in total. The first-order valence-corrected chi connectivity index (χ1v) is 7.23. The first-order chi connectivity index (χ1) is 10.1. The predicted octanol–water partition coefficient (Wildman–Crippen LogP) is 3.33. The van der Waals surface area contributed by atoms with Gasteiger partial charge in [0.2, 0.25) is 0 Å². The summed E-state index contributed by atoms with van der Waals surface area (Å²) in [6.45, 7) is 4.14. The van der Waals surface area contributed by atoms with Gasteiger partial charge in [0.05, 0.1) is 11.9 Å². The quantitative estimate of drug-likeness (QED) is 0.903. The Morgan fingerprint density at radius 2 is 1.86 bits per heavy atom. The molecule has 108 valence electrons. The van der Waals surface area contributed by atoms with Crippen LogP contribution in [0.3, 0.4) is 0 Å². The van der Waals surface area contributed by atoms with Crippen LogP contribution in [-0.4, -0.2) is 16.9 Å². The van der Waals surface area contributed by atoms with E-state index in [0.29, 0.717) is 11.7 Å². The molecule has 2 N–H and O–H groups in total. The Balaban J connectivity index is 1.73. The number of anilines is 2. The molecule has 1 aliphatic rings. The number of nitrogens with zero attached hydrogens (tertiary/aromatic N) is 1. The highest BCUT2D eigenvalue weighted by Gasteiger charge is 2.24. The third kappa shape index (κ3) is 3.21. The summed E-state index contributed by atoms with van der Waals surface area (Å²) >= 11 is 0. The zero-order valence-corrected chi connectivity index (χ0v) is 12.3. The SMILES string of the molecule is Cc1cccc(C)c1Nc1ccc(C(=O)NC2CC2)nc1. The molecule has 4 heteroatoms. The number of hydrogen-bond donors (Lipinski definition) is 2. The molecule has 21 heavy (non-hydrogen) atoms. The van der Waals surface area contributed by atoms with Crippen molar-refractivity contribution in [3.05, 3.63) is 53.3 Å². The monoisotopic (exact) mass is 281 g/mol. The number of aryl methyl sites for hydroxylation is 2. The van der Waals surface area contributed by atoms with Gasteiger partial charge in [-0.2, -0.15) is 0 Å². The van der Waals surface area contributed by atoms with Crippen LogP contribution in [0.1, 0.15) is 34.5 Å². The number of pyridine rings is 1. The summed E-state index contributed by atoms with van der Waals surface area (Å²) in [7, 11) is 0. The molecule has 1 fully saturated rings. The van der Waals surface area contributed by atoms with Crippen LogP contribution < -0.4 is 10.6 Å². The van der Waals surface area contributed by atoms with Crippen molar-refractivity contribution in [2.75, 3.05) is 5.32 Å². The summed E-state index contributed by atoms with van der Waals surface area (Å²) in [5.41, 5.74) is 4.81. The molecule has 1 aliphatic carbocycles. The fourth-order valence-corrected chi connectivity index (χ4v) is 2.25. The number of para-hydroxylation sites is 1. The lowest BCUT2D eigenvalue weighted by Crippen LogP contribution is -2.26. The van der Waals surface area contributed by atoms with E-state index >= 15 is 0 Å². The Bertz CT molecular complexity index is 640. The van der Waals surface area contributed by atoms with Gasteiger partial charge in [0.1, 0.15) is 5.69 Å². The second-order valence-corrected chi connectivity index (χ2v) is 5.57. The van der Waals surface area contributed by atoms with Crippen LogP contribution in [0.15, 0.2) is 36.5 Å². The van der Waals surface area contributed by atoms with Crippen molar-refractivity contribution in [3.63, 3.8) is 0 Å². The molecule has 1 aromatic carbocycles. The summed E-state index contributed by atoms with van der Waals surface area (Å²) in [5.74, 6) is -0.0869. The van der Waals surface area contributed by atoms with E-state index in [-0.39, 0.29) is 5.91 Å². The minimum Gasteiger partial charge on any atom is -0.354 e. The van der Waals surface area contributed by atoms with E-state index in [1.165, 1.54) is 11.1 Å². The van der Waals surface area contributed by atoms with Crippen LogP contribution in [0.2, 0.25) is 0 Å². The summed E-state index contributed by atoms with van der Waals surface area (Å²) in [5, 5.41) is 6.30. The summed E-state index contributed by atoms with van der Waals surface area (Å²) in [4.78, 5) is 16.1. The first-order valence-electron chi connectivity index (χ1n) is 7.23. The van der Waals surface area contributed by atoms with Gasteiger partial charge in [-0.3, -0.25) is 4.79 Å². The van der Waals surface area contributed by atoms with Gasteiger partial charge >= 0.3 is 0 Å². The number of hydrogen-bond acceptors (Lipinski definition) is 3. The van der Waals surface area contributed by atoms with Crippen LogP contribution in [0, 0.1) is 13.8 Å². The number of carbonyl (C=O) groups is 1. The van der Waals surface area contributed by atoms with E-state index in [9.17, 15) is 4.79 Å². The second kappa shape index (κ2) is 5.56. The molecule has 0 atom stereocenters. The minimum absolute atomic E-state index is 0.0869. The molecule has 1 amide bonds. The highest BCUT2D eigenvalue weighted by atomic mass is 16.2. The van der Waals surface area contributed by atoms with Crippen molar-refractivity contribution in [2.24, 2.45) is 0 Å². The molecule has 0 radical (unpaired) electrons. The number of aromatic nitrogens is 1. The van der Waals surface area contributed by atoms with Crippen molar-refractivity contribution in [2.45, 2.75) is 32.7 Å². The van der Waals surface area contributed by atoms with E-state index in [1.807, 2.05) is 12.1 Å². The van der Waals surface area contributed by atoms with Gasteiger partial charge < -0.3 is 10.6 Å². The van der Waals surface area contributed by atoms with Crippen molar-refractivity contribution in [1.82, 2.24) is 10.3 Å². The maximum absolute atomic E-state index is 11.9. The summed E-state index contributed by atoms with van der Waals surface area (Å²) in [6.07, 6.45) is 3.86. The van der Waals surface area contributed by atoms with E-state index in [1.54, 1.807) is 12.3 Å². The average molecular weight is 281 g/mol. The predicted molar refractivity (Wildman–Crippen MR) is 83.9 cm³/mol. The lowest BCUT2D eigenvalue weighted by atomic mass is 10.1. The Labute approximate surface area is 124 Å². The van der Waals surface area contributed by atoms with Crippen LogP contribution in [0.5, 0.6) is 0 Å². The number of amides is 1. The smallest absolute Gasteiger partial charge is 0.270 e. The Morgan fingerprint density at radius 1 is 1.14 bits per heavy atom. The van der Waals surface area contributed by atoms with Gasteiger partial charge in [0, 0.05) is 11.7 Å². The van der Waals surface area contributed by atoms with E-state index < -0.39 is 0 Å². The number of carbonyl (C=O) groups excluding carboxylic acids is 1. The molecule has 0 bridgehead atoms. The van der Waals surface area contributed by atoms with E-state index in [4.69, 9.17) is 0 Å². The number of nitrogens with one attached hydrogen (secondary N) is 2. The third-order valence-corrected chi connectivity index (χ3v) is 3.66. The van der Waals surface area contributed by atoms with Crippen LogP contribution >= 0.6 is 0 Å². The molecule has 1 saturated carbocycles. The topological polar surface area (TPSA) is 54.0 Å².